The highest BCUT2D eigenvalue weighted by Gasteiger charge is 2.12. The molecule has 2 unspecified atom stereocenters. The van der Waals surface area contributed by atoms with E-state index in [-0.39, 0.29) is 31.3 Å². The van der Waals surface area contributed by atoms with Crippen molar-refractivity contribution in [1.82, 2.24) is 0 Å². The summed E-state index contributed by atoms with van der Waals surface area (Å²) in [7, 11) is 0. The number of rotatable bonds is 16. The van der Waals surface area contributed by atoms with Gasteiger partial charge in [0.1, 0.15) is 12.7 Å². The average Bonchev–Trinajstić information content (AvgIpc) is 2.66. The molecule has 0 aromatic heterocycles. The SMILES string of the molecule is CC(O)CO.CCCCCCCC(=O)OCC(C)OC(=O)CCCCCCC. The smallest absolute Gasteiger partial charge is 0.306 e. The van der Waals surface area contributed by atoms with Crippen LogP contribution >= 0.6 is 0 Å². The van der Waals surface area contributed by atoms with E-state index in [4.69, 9.17) is 19.7 Å². The van der Waals surface area contributed by atoms with Crippen LogP contribution in [0.3, 0.4) is 0 Å². The zero-order valence-corrected chi connectivity index (χ0v) is 18.6. The Kier molecular flexibility index (Phi) is 23.0. The summed E-state index contributed by atoms with van der Waals surface area (Å²) in [5, 5.41) is 16.0. The molecule has 6 heteroatoms. The fourth-order valence-corrected chi connectivity index (χ4v) is 2.35. The maximum absolute atomic E-state index is 11.6. The molecule has 168 valence electrons. The van der Waals surface area contributed by atoms with E-state index in [1.807, 2.05) is 0 Å². The molecular weight excluding hydrogens is 360 g/mol. The lowest BCUT2D eigenvalue weighted by Crippen LogP contribution is -2.22. The highest BCUT2D eigenvalue weighted by molar-refractivity contribution is 5.70. The Balaban J connectivity index is 0. The maximum atomic E-state index is 11.6. The van der Waals surface area contributed by atoms with Crippen molar-refractivity contribution < 1.29 is 29.3 Å². The van der Waals surface area contributed by atoms with Gasteiger partial charge in [0.15, 0.2) is 0 Å². The van der Waals surface area contributed by atoms with Gasteiger partial charge in [-0.1, -0.05) is 65.2 Å². The number of esters is 2. The van der Waals surface area contributed by atoms with Gasteiger partial charge in [0.25, 0.3) is 0 Å². The summed E-state index contributed by atoms with van der Waals surface area (Å²) >= 11 is 0. The molecule has 0 radical (unpaired) electrons. The molecule has 0 aromatic rings. The van der Waals surface area contributed by atoms with Crippen molar-refractivity contribution in [2.75, 3.05) is 13.2 Å². The number of unbranched alkanes of at least 4 members (excludes halogenated alkanes) is 8. The van der Waals surface area contributed by atoms with Gasteiger partial charge in [-0.25, -0.2) is 0 Å². The Morgan fingerprint density at radius 2 is 1.21 bits per heavy atom. The van der Waals surface area contributed by atoms with Gasteiger partial charge in [0, 0.05) is 12.8 Å². The van der Waals surface area contributed by atoms with Gasteiger partial charge >= 0.3 is 11.9 Å². The highest BCUT2D eigenvalue weighted by atomic mass is 16.6. The van der Waals surface area contributed by atoms with Crippen molar-refractivity contribution in [2.24, 2.45) is 0 Å². The van der Waals surface area contributed by atoms with Crippen LogP contribution in [0.2, 0.25) is 0 Å². The molecule has 2 N–H and O–H groups in total. The lowest BCUT2D eigenvalue weighted by molar-refractivity contribution is -0.158. The number of hydrogen-bond donors (Lipinski definition) is 2. The third-order valence-electron chi connectivity index (χ3n) is 4.04. The monoisotopic (exact) mass is 404 g/mol. The van der Waals surface area contributed by atoms with Crippen LogP contribution in [0.5, 0.6) is 0 Å². The van der Waals surface area contributed by atoms with E-state index in [9.17, 15) is 9.59 Å². The molecule has 6 nitrogen and oxygen atoms in total. The number of aliphatic hydroxyl groups is 2. The lowest BCUT2D eigenvalue weighted by Gasteiger charge is -2.13. The van der Waals surface area contributed by atoms with Crippen LogP contribution in [0, 0.1) is 0 Å². The molecule has 28 heavy (non-hydrogen) atoms. The Hall–Kier alpha value is -1.14. The average molecular weight is 405 g/mol. The summed E-state index contributed by atoms with van der Waals surface area (Å²) in [4.78, 5) is 23.2. The molecule has 0 bridgehead atoms. The minimum absolute atomic E-state index is 0.139. The molecule has 0 rings (SSSR count). The first-order chi connectivity index (χ1) is 13.4. The predicted molar refractivity (Wildman–Crippen MR) is 112 cm³/mol. The summed E-state index contributed by atoms with van der Waals surface area (Å²) in [6, 6.07) is 0. The number of carbonyl (C=O) groups excluding carboxylic acids is 2. The van der Waals surface area contributed by atoms with Crippen LogP contribution in [0.4, 0.5) is 0 Å². The lowest BCUT2D eigenvalue weighted by atomic mass is 10.1. The van der Waals surface area contributed by atoms with E-state index < -0.39 is 6.10 Å². The van der Waals surface area contributed by atoms with Gasteiger partial charge in [-0.2, -0.15) is 0 Å². The van der Waals surface area contributed by atoms with Crippen LogP contribution in [0.15, 0.2) is 0 Å². The molecule has 0 fully saturated rings. The van der Waals surface area contributed by atoms with Crippen molar-refractivity contribution in [3.05, 3.63) is 0 Å². The van der Waals surface area contributed by atoms with E-state index >= 15 is 0 Å². The Labute approximate surface area is 172 Å². The highest BCUT2D eigenvalue weighted by Crippen LogP contribution is 2.08. The van der Waals surface area contributed by atoms with Gasteiger partial charge in [-0.05, 0) is 26.7 Å². The van der Waals surface area contributed by atoms with E-state index in [1.54, 1.807) is 6.92 Å². The molecule has 0 aliphatic carbocycles. The Morgan fingerprint density at radius 1 is 0.786 bits per heavy atom. The molecular formula is C22H44O6. The molecule has 0 heterocycles. The van der Waals surface area contributed by atoms with E-state index in [0.717, 1.165) is 25.7 Å². The van der Waals surface area contributed by atoms with Crippen LogP contribution in [-0.2, 0) is 19.1 Å². The quantitative estimate of drug-likeness (QED) is 0.290. The van der Waals surface area contributed by atoms with Crippen LogP contribution in [0.1, 0.15) is 105 Å². The van der Waals surface area contributed by atoms with Crippen molar-refractivity contribution in [1.29, 1.82) is 0 Å². The second-order valence-electron chi connectivity index (χ2n) is 7.34. The van der Waals surface area contributed by atoms with Crippen LogP contribution in [0.25, 0.3) is 0 Å². The summed E-state index contributed by atoms with van der Waals surface area (Å²) in [6.07, 6.45) is 11.1. The molecule has 2 atom stereocenters. The van der Waals surface area contributed by atoms with Crippen molar-refractivity contribution in [2.45, 2.75) is 117 Å². The summed E-state index contributed by atoms with van der Waals surface area (Å²) in [5.41, 5.74) is 0. The normalized spacial score (nSPS) is 12.5. The minimum atomic E-state index is -0.560. The zero-order valence-electron chi connectivity index (χ0n) is 18.6. The second kappa shape index (κ2) is 22.2. The van der Waals surface area contributed by atoms with Gasteiger partial charge in [-0.3, -0.25) is 9.59 Å². The first kappa shape index (κ1) is 29.1. The standard InChI is InChI=1S/C19H36O4.C3H8O2/c1-4-6-8-10-12-14-18(20)22-16-17(3)23-19(21)15-13-11-9-7-5-2;1-3(5)2-4/h17H,4-16H2,1-3H3;3-5H,2H2,1H3. The van der Waals surface area contributed by atoms with Crippen molar-refractivity contribution >= 4 is 11.9 Å². The Bertz CT molecular complexity index is 357. The van der Waals surface area contributed by atoms with Gasteiger partial charge in [0.05, 0.1) is 12.7 Å². The number of aliphatic hydroxyl groups excluding tert-OH is 2. The first-order valence-electron chi connectivity index (χ1n) is 11.0. The van der Waals surface area contributed by atoms with E-state index in [2.05, 4.69) is 13.8 Å². The summed E-state index contributed by atoms with van der Waals surface area (Å²) in [5.74, 6) is -0.381. The van der Waals surface area contributed by atoms with Gasteiger partial charge in [0.2, 0.25) is 0 Å². The maximum Gasteiger partial charge on any atom is 0.306 e. The molecule has 0 aromatic carbocycles. The fraction of sp³-hybridized carbons (Fsp3) is 0.909. The number of hydrogen-bond acceptors (Lipinski definition) is 6. The van der Waals surface area contributed by atoms with Crippen LogP contribution < -0.4 is 0 Å². The third kappa shape index (κ3) is 24.9. The predicted octanol–water partition coefficient (Wildman–Crippen LogP) is 4.54. The zero-order chi connectivity index (χ0) is 21.6. The van der Waals surface area contributed by atoms with Crippen molar-refractivity contribution in [3.8, 4) is 0 Å². The van der Waals surface area contributed by atoms with E-state index in [1.165, 1.54) is 45.4 Å². The molecule has 0 amide bonds. The molecule has 0 aliphatic rings. The van der Waals surface area contributed by atoms with Gasteiger partial charge < -0.3 is 19.7 Å². The summed E-state index contributed by atoms with van der Waals surface area (Å²) < 4.78 is 10.4. The minimum Gasteiger partial charge on any atom is -0.462 e. The Morgan fingerprint density at radius 3 is 1.64 bits per heavy atom. The van der Waals surface area contributed by atoms with Crippen LogP contribution in [-0.4, -0.2) is 47.6 Å². The molecule has 0 saturated heterocycles. The molecule has 0 spiro atoms. The second-order valence-corrected chi connectivity index (χ2v) is 7.34. The van der Waals surface area contributed by atoms with Crippen molar-refractivity contribution in [3.63, 3.8) is 0 Å². The number of carbonyl (C=O) groups is 2. The first-order valence-corrected chi connectivity index (χ1v) is 11.0. The third-order valence-corrected chi connectivity index (χ3v) is 4.04. The largest absolute Gasteiger partial charge is 0.462 e. The topological polar surface area (TPSA) is 93.1 Å². The van der Waals surface area contributed by atoms with Gasteiger partial charge in [-0.15, -0.1) is 0 Å². The summed E-state index contributed by atoms with van der Waals surface area (Å²) in [6.45, 7) is 7.66. The van der Waals surface area contributed by atoms with E-state index in [0.29, 0.717) is 12.8 Å². The molecule has 0 saturated carbocycles. The number of ether oxygens (including phenoxy) is 2. The fourth-order valence-electron chi connectivity index (χ4n) is 2.35. The molecule has 0 aliphatic heterocycles.